The average Bonchev–Trinajstić information content (AvgIpc) is 2.70. The Bertz CT molecular complexity index is 204. The van der Waals surface area contributed by atoms with E-state index < -0.39 is 0 Å². The highest BCUT2D eigenvalue weighted by Gasteiger charge is 1.86. The standard InChI is InChI=1S/C7H14O.C6H14O4.C4H10O.C2H6O2/c1-3-5-7-8-6-4-2;7-1-3-9-5-6-10-4-2-8;1-3-5-4-2;3-1-2-4/h4,6H,3,5,7H2,1-2H3;7-8H,1-6H2;3-4H2,1-2H3;3-4H,1-2H2/b6-4+;;;. The van der Waals surface area contributed by atoms with E-state index in [4.69, 9.17) is 39.4 Å². The molecule has 0 amide bonds. The minimum Gasteiger partial charge on any atom is -0.502 e. The Morgan fingerprint density at radius 1 is 0.630 bits per heavy atom. The number of rotatable bonds is 14. The van der Waals surface area contributed by atoms with Gasteiger partial charge in [-0.2, -0.15) is 0 Å². The Kier molecular flexibility index (Phi) is 55.8. The molecule has 0 rings (SSSR count). The molecule has 0 unspecified atom stereocenters. The van der Waals surface area contributed by atoms with Gasteiger partial charge in [-0.3, -0.25) is 0 Å². The molecular formula is C19H44O8. The van der Waals surface area contributed by atoms with Gasteiger partial charge in [0.2, 0.25) is 0 Å². The first-order valence-corrected chi connectivity index (χ1v) is 9.55. The molecule has 0 radical (unpaired) electrons. The van der Waals surface area contributed by atoms with Crippen LogP contribution in [0.4, 0.5) is 0 Å². The molecule has 0 aromatic rings. The molecule has 4 N–H and O–H groups in total. The lowest BCUT2D eigenvalue weighted by Gasteiger charge is -2.01. The van der Waals surface area contributed by atoms with Gasteiger partial charge in [0.1, 0.15) is 0 Å². The second kappa shape index (κ2) is 44.6. The van der Waals surface area contributed by atoms with Crippen LogP contribution in [0.25, 0.3) is 0 Å². The first-order valence-electron chi connectivity index (χ1n) is 9.55. The molecule has 168 valence electrons. The number of ether oxygens (including phenoxy) is 4. The first-order chi connectivity index (χ1) is 13.2. The SMILES string of the molecule is C/C=C/OCCCC.CCOCC.OCCO.OCCOCCOCCO. The van der Waals surface area contributed by atoms with E-state index >= 15 is 0 Å². The molecule has 0 fully saturated rings. The van der Waals surface area contributed by atoms with E-state index in [-0.39, 0.29) is 26.4 Å². The molecule has 0 aromatic carbocycles. The lowest BCUT2D eigenvalue weighted by Crippen LogP contribution is -2.09. The maximum Gasteiger partial charge on any atom is 0.0873 e. The van der Waals surface area contributed by atoms with Crippen LogP contribution in [0, 0.1) is 0 Å². The molecule has 8 nitrogen and oxygen atoms in total. The van der Waals surface area contributed by atoms with Crippen molar-refractivity contribution in [2.45, 2.75) is 40.5 Å². The van der Waals surface area contributed by atoms with Gasteiger partial charge in [-0.15, -0.1) is 0 Å². The molecule has 0 aliphatic carbocycles. The third kappa shape index (κ3) is 67.2. The molecule has 0 aliphatic heterocycles. The molecular weight excluding hydrogens is 356 g/mol. The number of allylic oxidation sites excluding steroid dienone is 1. The van der Waals surface area contributed by atoms with Crippen LogP contribution in [0.1, 0.15) is 40.5 Å². The highest BCUT2D eigenvalue weighted by atomic mass is 16.5. The highest BCUT2D eigenvalue weighted by molar-refractivity contribution is 4.64. The number of hydrogen-bond donors (Lipinski definition) is 4. The molecule has 0 aliphatic rings. The van der Waals surface area contributed by atoms with Gasteiger partial charge in [0.25, 0.3) is 0 Å². The van der Waals surface area contributed by atoms with Crippen molar-refractivity contribution < 1.29 is 39.4 Å². The Labute approximate surface area is 165 Å². The molecule has 8 heteroatoms. The molecule has 0 saturated carbocycles. The zero-order chi connectivity index (χ0) is 21.4. The van der Waals surface area contributed by atoms with Crippen LogP contribution in [0.15, 0.2) is 12.3 Å². The van der Waals surface area contributed by atoms with Crippen molar-refractivity contribution in [3.63, 3.8) is 0 Å². The van der Waals surface area contributed by atoms with Gasteiger partial charge in [0, 0.05) is 13.2 Å². The maximum atomic E-state index is 8.26. The average molecular weight is 401 g/mol. The van der Waals surface area contributed by atoms with Gasteiger partial charge in [-0.25, -0.2) is 0 Å². The van der Waals surface area contributed by atoms with Gasteiger partial charge in [0.05, 0.1) is 65.7 Å². The lowest BCUT2D eigenvalue weighted by atomic mass is 10.4. The van der Waals surface area contributed by atoms with Gasteiger partial charge >= 0.3 is 0 Å². The van der Waals surface area contributed by atoms with Crippen molar-refractivity contribution in [1.82, 2.24) is 0 Å². The first kappa shape index (κ1) is 33.8. The lowest BCUT2D eigenvalue weighted by molar-refractivity contribution is 0.0222. The molecule has 0 atom stereocenters. The fraction of sp³-hybridized carbons (Fsp3) is 0.895. The number of aliphatic hydroxyl groups is 4. The Balaban J connectivity index is -0.000000139. The summed E-state index contributed by atoms with van der Waals surface area (Å²) in [7, 11) is 0. The quantitative estimate of drug-likeness (QED) is 0.255. The summed E-state index contributed by atoms with van der Waals surface area (Å²) in [4.78, 5) is 0. The summed E-state index contributed by atoms with van der Waals surface area (Å²) in [5.74, 6) is 0. The fourth-order valence-electron chi connectivity index (χ4n) is 1.05. The van der Waals surface area contributed by atoms with Gasteiger partial charge in [0.15, 0.2) is 0 Å². The van der Waals surface area contributed by atoms with E-state index in [1.54, 1.807) is 6.26 Å². The predicted octanol–water partition coefficient (Wildman–Crippen LogP) is 1.35. The van der Waals surface area contributed by atoms with Crippen molar-refractivity contribution in [3.8, 4) is 0 Å². The topological polar surface area (TPSA) is 118 Å². The maximum absolute atomic E-state index is 8.26. The molecule has 0 heterocycles. The van der Waals surface area contributed by atoms with E-state index in [1.807, 2.05) is 26.8 Å². The highest BCUT2D eigenvalue weighted by Crippen LogP contribution is 1.87. The van der Waals surface area contributed by atoms with Gasteiger partial charge in [-0.05, 0) is 27.2 Å². The number of unbranched alkanes of at least 4 members (excludes halogenated alkanes) is 1. The van der Waals surface area contributed by atoms with Gasteiger partial charge in [-0.1, -0.05) is 19.4 Å². The third-order valence-electron chi connectivity index (χ3n) is 2.20. The Hall–Kier alpha value is -0.740. The van der Waals surface area contributed by atoms with Crippen LogP contribution in [-0.2, 0) is 18.9 Å². The van der Waals surface area contributed by atoms with Crippen molar-refractivity contribution in [2.24, 2.45) is 0 Å². The Morgan fingerprint density at radius 3 is 1.37 bits per heavy atom. The summed E-state index contributed by atoms with van der Waals surface area (Å²) in [6, 6.07) is 0. The summed E-state index contributed by atoms with van der Waals surface area (Å²) in [5.41, 5.74) is 0. The predicted molar refractivity (Wildman–Crippen MR) is 108 cm³/mol. The van der Waals surface area contributed by atoms with Gasteiger partial charge < -0.3 is 39.4 Å². The van der Waals surface area contributed by atoms with E-state index in [2.05, 4.69) is 6.92 Å². The minimum absolute atomic E-state index is 0.0417. The smallest absolute Gasteiger partial charge is 0.0873 e. The summed E-state index contributed by atoms with van der Waals surface area (Å²) < 4.78 is 19.6. The van der Waals surface area contributed by atoms with Crippen LogP contribution >= 0.6 is 0 Å². The van der Waals surface area contributed by atoms with E-state index in [9.17, 15) is 0 Å². The van der Waals surface area contributed by atoms with Crippen molar-refractivity contribution >= 4 is 0 Å². The number of aliphatic hydroxyl groups excluding tert-OH is 4. The molecule has 0 aromatic heterocycles. The largest absolute Gasteiger partial charge is 0.502 e. The van der Waals surface area contributed by atoms with Crippen LogP contribution in [0.2, 0.25) is 0 Å². The molecule has 0 saturated heterocycles. The third-order valence-corrected chi connectivity index (χ3v) is 2.20. The van der Waals surface area contributed by atoms with Crippen molar-refractivity contribution in [1.29, 1.82) is 0 Å². The number of hydrogen-bond acceptors (Lipinski definition) is 8. The van der Waals surface area contributed by atoms with E-state index in [0.717, 1.165) is 26.2 Å². The normalized spacial score (nSPS) is 9.48. The summed E-state index contributed by atoms with van der Waals surface area (Å²) in [6.07, 6.45) is 5.99. The van der Waals surface area contributed by atoms with E-state index in [1.165, 1.54) is 6.42 Å². The summed E-state index contributed by atoms with van der Waals surface area (Å²) >= 11 is 0. The van der Waals surface area contributed by atoms with Crippen LogP contribution in [0.5, 0.6) is 0 Å². The minimum atomic E-state index is -0.125. The van der Waals surface area contributed by atoms with Crippen LogP contribution in [0.3, 0.4) is 0 Å². The Morgan fingerprint density at radius 2 is 1.11 bits per heavy atom. The van der Waals surface area contributed by atoms with Crippen molar-refractivity contribution in [2.75, 3.05) is 72.7 Å². The van der Waals surface area contributed by atoms with Crippen LogP contribution < -0.4 is 0 Å². The summed E-state index contributed by atoms with van der Waals surface area (Å²) in [5, 5.41) is 31.8. The second-order valence-corrected chi connectivity index (χ2v) is 4.59. The molecule has 0 bridgehead atoms. The molecule has 27 heavy (non-hydrogen) atoms. The summed E-state index contributed by atoms with van der Waals surface area (Å²) in [6.45, 7) is 12.1. The second-order valence-electron chi connectivity index (χ2n) is 4.59. The zero-order valence-corrected chi connectivity index (χ0v) is 17.8. The monoisotopic (exact) mass is 400 g/mol. The van der Waals surface area contributed by atoms with E-state index in [0.29, 0.717) is 26.4 Å². The molecule has 0 spiro atoms. The fourth-order valence-corrected chi connectivity index (χ4v) is 1.05. The van der Waals surface area contributed by atoms with Crippen LogP contribution in [-0.4, -0.2) is 93.1 Å². The zero-order valence-electron chi connectivity index (χ0n) is 17.8. The van der Waals surface area contributed by atoms with Crippen molar-refractivity contribution in [3.05, 3.63) is 12.3 Å².